The number of nitrogens with one attached hydrogen (secondary N) is 2. The molecule has 0 saturated heterocycles. The summed E-state index contributed by atoms with van der Waals surface area (Å²) in [6.07, 6.45) is 3.42. The van der Waals surface area contributed by atoms with E-state index >= 15 is 0 Å². The normalized spacial score (nSPS) is 12.2. The summed E-state index contributed by atoms with van der Waals surface area (Å²) in [6.45, 7) is 4.64. The van der Waals surface area contributed by atoms with E-state index in [1.807, 2.05) is 20.9 Å². The van der Waals surface area contributed by atoms with Gasteiger partial charge in [-0.05, 0) is 0 Å². The number of aromatic nitrogens is 2. The SMILES string of the molecule is CC(C)NCCS(=O)(=O)NCc1nccn1C. The Balaban J connectivity index is 2.37. The van der Waals surface area contributed by atoms with Gasteiger partial charge in [0.1, 0.15) is 5.82 Å². The first-order chi connectivity index (χ1) is 7.91. The lowest BCUT2D eigenvalue weighted by Gasteiger charge is -2.09. The second-order valence-corrected chi connectivity index (χ2v) is 6.13. The maximum Gasteiger partial charge on any atom is 0.213 e. The highest BCUT2D eigenvalue weighted by Gasteiger charge is 2.11. The van der Waals surface area contributed by atoms with Crippen molar-refractivity contribution in [2.24, 2.45) is 7.05 Å². The molecule has 0 fully saturated rings. The van der Waals surface area contributed by atoms with Gasteiger partial charge in [0.2, 0.25) is 10.0 Å². The van der Waals surface area contributed by atoms with Gasteiger partial charge in [-0.25, -0.2) is 18.1 Å². The Morgan fingerprint density at radius 2 is 2.18 bits per heavy atom. The first kappa shape index (κ1) is 14.1. The summed E-state index contributed by atoms with van der Waals surface area (Å²) in [5.74, 6) is 0.778. The fourth-order valence-electron chi connectivity index (χ4n) is 1.30. The molecule has 0 aliphatic carbocycles. The van der Waals surface area contributed by atoms with Crippen LogP contribution < -0.4 is 10.0 Å². The van der Waals surface area contributed by atoms with Gasteiger partial charge in [0.25, 0.3) is 0 Å². The molecule has 0 unspecified atom stereocenters. The average Bonchev–Trinajstić information content (AvgIpc) is 2.60. The van der Waals surface area contributed by atoms with Gasteiger partial charge < -0.3 is 9.88 Å². The van der Waals surface area contributed by atoms with E-state index in [0.29, 0.717) is 18.4 Å². The summed E-state index contributed by atoms with van der Waals surface area (Å²) in [7, 11) is -1.41. The molecule has 0 saturated carbocycles. The maximum atomic E-state index is 11.6. The second-order valence-electron chi connectivity index (χ2n) is 4.20. The smallest absolute Gasteiger partial charge is 0.213 e. The molecule has 6 nitrogen and oxygen atoms in total. The molecule has 7 heteroatoms. The Bertz CT molecular complexity index is 439. The van der Waals surface area contributed by atoms with Crippen LogP contribution in [-0.2, 0) is 23.6 Å². The molecule has 0 spiro atoms. The quantitative estimate of drug-likeness (QED) is 0.714. The van der Waals surface area contributed by atoms with E-state index in [1.54, 1.807) is 17.0 Å². The molecule has 0 radical (unpaired) electrons. The Morgan fingerprint density at radius 3 is 2.71 bits per heavy atom. The third-order valence-electron chi connectivity index (χ3n) is 2.29. The van der Waals surface area contributed by atoms with Gasteiger partial charge in [0, 0.05) is 32.0 Å². The van der Waals surface area contributed by atoms with Gasteiger partial charge in [-0.3, -0.25) is 0 Å². The summed E-state index contributed by atoms with van der Waals surface area (Å²) in [5.41, 5.74) is 0. The van der Waals surface area contributed by atoms with Gasteiger partial charge >= 0.3 is 0 Å². The molecule has 1 aromatic rings. The van der Waals surface area contributed by atoms with E-state index in [2.05, 4.69) is 15.0 Å². The minimum Gasteiger partial charge on any atom is -0.337 e. The summed E-state index contributed by atoms with van der Waals surface area (Å²) in [5, 5.41) is 3.07. The van der Waals surface area contributed by atoms with Crippen LogP contribution in [0.4, 0.5) is 0 Å². The zero-order chi connectivity index (χ0) is 12.9. The van der Waals surface area contributed by atoms with Crippen molar-refractivity contribution < 1.29 is 8.42 Å². The van der Waals surface area contributed by atoms with Crippen LogP contribution in [0.2, 0.25) is 0 Å². The lowest BCUT2D eigenvalue weighted by atomic mass is 10.4. The molecule has 0 aliphatic heterocycles. The third-order valence-corrected chi connectivity index (χ3v) is 3.62. The van der Waals surface area contributed by atoms with E-state index in [9.17, 15) is 8.42 Å². The van der Waals surface area contributed by atoms with Crippen LogP contribution in [0.3, 0.4) is 0 Å². The average molecular weight is 260 g/mol. The van der Waals surface area contributed by atoms with Crippen molar-refractivity contribution >= 4 is 10.0 Å². The molecular formula is C10H20N4O2S. The van der Waals surface area contributed by atoms with Crippen LogP contribution in [0.15, 0.2) is 12.4 Å². The lowest BCUT2D eigenvalue weighted by molar-refractivity contribution is 0.564. The number of sulfonamides is 1. The predicted molar refractivity (Wildman–Crippen MR) is 67.0 cm³/mol. The highest BCUT2D eigenvalue weighted by Crippen LogP contribution is 1.95. The Morgan fingerprint density at radius 1 is 1.47 bits per heavy atom. The molecule has 98 valence electrons. The molecule has 0 atom stereocenters. The fourth-order valence-corrected chi connectivity index (χ4v) is 2.18. The largest absolute Gasteiger partial charge is 0.337 e. The first-order valence-corrected chi connectivity index (χ1v) is 7.23. The zero-order valence-corrected chi connectivity index (χ0v) is 11.3. The minimum absolute atomic E-state index is 0.0790. The lowest BCUT2D eigenvalue weighted by Crippen LogP contribution is -2.34. The summed E-state index contributed by atoms with van der Waals surface area (Å²) in [6, 6.07) is 0.291. The van der Waals surface area contributed by atoms with Gasteiger partial charge in [-0.1, -0.05) is 13.8 Å². The van der Waals surface area contributed by atoms with Crippen LogP contribution in [0, 0.1) is 0 Å². The van der Waals surface area contributed by atoms with Crippen LogP contribution >= 0.6 is 0 Å². The standard InChI is InChI=1S/C10H20N4O2S/c1-9(2)11-5-7-17(15,16)13-8-10-12-4-6-14(10)3/h4,6,9,11,13H,5,7-8H2,1-3H3. The number of rotatable bonds is 7. The highest BCUT2D eigenvalue weighted by molar-refractivity contribution is 7.89. The molecule has 0 aliphatic rings. The van der Waals surface area contributed by atoms with E-state index in [0.717, 1.165) is 0 Å². The molecule has 0 aromatic carbocycles. The van der Waals surface area contributed by atoms with Gasteiger partial charge in [0.05, 0.1) is 12.3 Å². The topological polar surface area (TPSA) is 76.0 Å². The molecule has 0 bridgehead atoms. The Kier molecular flexibility index (Phi) is 5.10. The maximum absolute atomic E-state index is 11.6. The van der Waals surface area contributed by atoms with Crippen LogP contribution in [0.25, 0.3) is 0 Å². The number of hydrogen-bond acceptors (Lipinski definition) is 4. The molecule has 1 heterocycles. The van der Waals surface area contributed by atoms with Crippen molar-refractivity contribution in [2.45, 2.75) is 26.4 Å². The van der Waals surface area contributed by atoms with E-state index in [1.165, 1.54) is 0 Å². The second kappa shape index (κ2) is 6.13. The van der Waals surface area contributed by atoms with Crippen LogP contribution in [0.1, 0.15) is 19.7 Å². The molecule has 17 heavy (non-hydrogen) atoms. The Labute approximate surface area is 102 Å². The van der Waals surface area contributed by atoms with Gasteiger partial charge in [-0.2, -0.15) is 0 Å². The first-order valence-electron chi connectivity index (χ1n) is 5.57. The number of nitrogens with zero attached hydrogens (tertiary/aromatic N) is 2. The summed E-state index contributed by atoms with van der Waals surface area (Å²) >= 11 is 0. The molecule has 0 amide bonds. The molecule has 1 rings (SSSR count). The fraction of sp³-hybridized carbons (Fsp3) is 0.700. The van der Waals surface area contributed by atoms with Crippen molar-refractivity contribution in [3.63, 3.8) is 0 Å². The van der Waals surface area contributed by atoms with E-state index in [-0.39, 0.29) is 12.3 Å². The summed E-state index contributed by atoms with van der Waals surface area (Å²) < 4.78 is 27.6. The number of aryl methyl sites for hydroxylation is 1. The predicted octanol–water partition coefficient (Wildman–Crippen LogP) is -0.162. The molecular weight excluding hydrogens is 240 g/mol. The minimum atomic E-state index is -3.24. The van der Waals surface area contributed by atoms with Gasteiger partial charge in [-0.15, -0.1) is 0 Å². The van der Waals surface area contributed by atoms with Crippen molar-refractivity contribution in [3.05, 3.63) is 18.2 Å². The van der Waals surface area contributed by atoms with Crippen molar-refractivity contribution in [3.8, 4) is 0 Å². The van der Waals surface area contributed by atoms with Crippen molar-refractivity contribution in [2.75, 3.05) is 12.3 Å². The molecule has 2 N–H and O–H groups in total. The van der Waals surface area contributed by atoms with Gasteiger partial charge in [0.15, 0.2) is 0 Å². The van der Waals surface area contributed by atoms with E-state index < -0.39 is 10.0 Å². The Hall–Kier alpha value is -0.920. The number of imidazole rings is 1. The van der Waals surface area contributed by atoms with E-state index in [4.69, 9.17) is 0 Å². The number of hydrogen-bond donors (Lipinski definition) is 2. The van der Waals surface area contributed by atoms with Crippen molar-refractivity contribution in [1.29, 1.82) is 0 Å². The monoisotopic (exact) mass is 260 g/mol. The molecule has 1 aromatic heterocycles. The van der Waals surface area contributed by atoms with Crippen molar-refractivity contribution in [1.82, 2.24) is 19.6 Å². The van der Waals surface area contributed by atoms with Crippen LogP contribution in [0.5, 0.6) is 0 Å². The third kappa shape index (κ3) is 5.29. The highest BCUT2D eigenvalue weighted by atomic mass is 32.2. The van der Waals surface area contributed by atoms with Crippen LogP contribution in [-0.4, -0.2) is 36.3 Å². The summed E-state index contributed by atoms with van der Waals surface area (Å²) in [4.78, 5) is 4.05. The zero-order valence-electron chi connectivity index (χ0n) is 10.5.